The fraction of sp³-hybridized carbons (Fsp3) is 0.0909. The van der Waals surface area contributed by atoms with Crippen LogP contribution >= 0.6 is 22.6 Å². The molecule has 5 nitrogen and oxygen atoms in total. The van der Waals surface area contributed by atoms with Gasteiger partial charge < -0.3 is 10.4 Å². The number of nitrogens with zero attached hydrogens (tertiary/aromatic N) is 2. The molecule has 0 aliphatic rings. The van der Waals surface area contributed by atoms with Crippen LogP contribution in [0.5, 0.6) is 5.75 Å². The van der Waals surface area contributed by atoms with Crippen LogP contribution in [0.3, 0.4) is 0 Å². The second-order valence-electron chi connectivity index (χ2n) is 3.43. The van der Waals surface area contributed by atoms with Crippen molar-refractivity contribution >= 4 is 32.3 Å². The van der Waals surface area contributed by atoms with Crippen molar-refractivity contribution in [3.05, 3.63) is 42.1 Å². The van der Waals surface area contributed by atoms with Crippen LogP contribution in [0.4, 0.5) is 10.6 Å². The van der Waals surface area contributed by atoms with Crippen LogP contribution in [0.1, 0.15) is 5.56 Å². The number of hydrogen-bond donors (Lipinski definition) is 2. The lowest BCUT2D eigenvalue weighted by Crippen LogP contribution is -2.04. The Bertz CT molecular complexity index is 539. The van der Waals surface area contributed by atoms with Crippen molar-refractivity contribution in [2.24, 2.45) is 0 Å². The zero-order chi connectivity index (χ0) is 12.3. The van der Waals surface area contributed by atoms with Crippen LogP contribution in [-0.2, 0) is 6.54 Å². The molecule has 1 aromatic carbocycles. The number of hydrogen-bond acceptors (Lipinski definition) is 3. The van der Waals surface area contributed by atoms with E-state index in [1.165, 1.54) is 0 Å². The molecule has 0 aliphatic heterocycles. The Hall–Kier alpha value is -1.57. The van der Waals surface area contributed by atoms with Gasteiger partial charge in [-0.2, -0.15) is 5.10 Å². The number of para-hydroxylation sites is 1. The van der Waals surface area contributed by atoms with Crippen molar-refractivity contribution in [3.63, 3.8) is 0 Å². The number of aromatic nitrogens is 2. The van der Waals surface area contributed by atoms with Crippen molar-refractivity contribution in [2.75, 3.05) is 5.32 Å². The van der Waals surface area contributed by atoms with Crippen molar-refractivity contribution in [1.82, 2.24) is 9.78 Å². The predicted molar refractivity (Wildman–Crippen MR) is 72.5 cm³/mol. The average molecular weight is 343 g/mol. The van der Waals surface area contributed by atoms with Gasteiger partial charge in [-0.05, 0) is 6.07 Å². The van der Waals surface area contributed by atoms with Gasteiger partial charge in [0.25, 0.3) is 3.91 Å². The van der Waals surface area contributed by atoms with Crippen LogP contribution in [0.15, 0.2) is 36.5 Å². The lowest BCUT2D eigenvalue weighted by Gasteiger charge is -2.04. The van der Waals surface area contributed by atoms with Crippen molar-refractivity contribution in [2.45, 2.75) is 6.54 Å². The number of aromatic hydroxyl groups is 1. The lowest BCUT2D eigenvalue weighted by molar-refractivity contribution is 0.271. The van der Waals surface area contributed by atoms with Gasteiger partial charge in [0.05, 0.1) is 6.54 Å². The summed E-state index contributed by atoms with van der Waals surface area (Å²) in [5.74, 6) is 0.738. The van der Waals surface area contributed by atoms with Gasteiger partial charge in [-0.1, -0.05) is 18.2 Å². The minimum absolute atomic E-state index is 0.185. The first kappa shape index (κ1) is 11.9. The van der Waals surface area contributed by atoms with Gasteiger partial charge in [0.15, 0.2) is 5.82 Å². The molecule has 0 bridgehead atoms. The molecule has 0 fully saturated rings. The van der Waals surface area contributed by atoms with Gasteiger partial charge >= 0.3 is 0 Å². The number of amides is 1. The van der Waals surface area contributed by atoms with Gasteiger partial charge in [-0.3, -0.25) is 9.48 Å². The van der Waals surface area contributed by atoms with Crippen molar-refractivity contribution < 1.29 is 9.90 Å². The molecule has 0 spiro atoms. The largest absolute Gasteiger partial charge is 0.508 e. The molecule has 0 aliphatic carbocycles. The summed E-state index contributed by atoms with van der Waals surface area (Å²) < 4.78 is 1.46. The van der Waals surface area contributed by atoms with E-state index < -0.39 is 0 Å². The Morgan fingerprint density at radius 3 is 2.88 bits per heavy atom. The number of rotatable bonds is 3. The van der Waals surface area contributed by atoms with Gasteiger partial charge in [0.1, 0.15) is 5.75 Å². The van der Waals surface area contributed by atoms with Crippen molar-refractivity contribution in [1.29, 1.82) is 0 Å². The standard InChI is InChI=1S/C11H10IN3O2/c12-11(17)13-10-5-6-15(14-10)7-8-3-1-2-4-9(8)16/h1-6,16H,7H2,(H,13,14,17). The predicted octanol–water partition coefficient (Wildman–Crippen LogP) is 2.60. The van der Waals surface area contributed by atoms with E-state index in [1.807, 2.05) is 12.1 Å². The highest BCUT2D eigenvalue weighted by Crippen LogP contribution is 2.17. The smallest absolute Gasteiger partial charge is 0.286 e. The minimum atomic E-state index is -0.185. The van der Waals surface area contributed by atoms with E-state index in [4.69, 9.17) is 0 Å². The van der Waals surface area contributed by atoms with E-state index in [2.05, 4.69) is 10.4 Å². The van der Waals surface area contributed by atoms with E-state index in [9.17, 15) is 9.90 Å². The second kappa shape index (κ2) is 5.17. The average Bonchev–Trinajstić information content (AvgIpc) is 2.68. The molecule has 6 heteroatoms. The quantitative estimate of drug-likeness (QED) is 0.511. The fourth-order valence-electron chi connectivity index (χ4n) is 1.44. The summed E-state index contributed by atoms with van der Waals surface area (Å²) >= 11 is 1.64. The summed E-state index contributed by atoms with van der Waals surface area (Å²) in [6.07, 6.45) is 1.74. The first-order valence-electron chi connectivity index (χ1n) is 4.92. The molecule has 2 aromatic rings. The highest BCUT2D eigenvalue weighted by Gasteiger charge is 2.04. The zero-order valence-corrected chi connectivity index (χ0v) is 11.0. The van der Waals surface area contributed by atoms with Crippen LogP contribution in [0, 0.1) is 0 Å². The molecule has 17 heavy (non-hydrogen) atoms. The highest BCUT2D eigenvalue weighted by atomic mass is 127. The monoisotopic (exact) mass is 343 g/mol. The first-order chi connectivity index (χ1) is 8.15. The molecule has 2 N–H and O–H groups in total. The molecule has 0 radical (unpaired) electrons. The summed E-state index contributed by atoms with van der Waals surface area (Å²) in [5, 5.41) is 16.3. The van der Waals surface area contributed by atoms with Crippen LogP contribution in [0.25, 0.3) is 0 Å². The molecule has 0 atom stereocenters. The number of benzene rings is 1. The Morgan fingerprint density at radius 2 is 2.18 bits per heavy atom. The van der Waals surface area contributed by atoms with Gasteiger partial charge in [-0.15, -0.1) is 0 Å². The molecule has 1 heterocycles. The summed E-state index contributed by atoms with van der Waals surface area (Å²) in [6, 6.07) is 8.78. The van der Waals surface area contributed by atoms with E-state index in [-0.39, 0.29) is 9.66 Å². The maximum atomic E-state index is 10.8. The second-order valence-corrected chi connectivity index (χ2v) is 4.41. The Balaban J connectivity index is 2.12. The first-order valence-corrected chi connectivity index (χ1v) is 6.00. The van der Waals surface area contributed by atoms with Crippen LogP contribution in [0.2, 0.25) is 0 Å². The molecule has 1 amide bonds. The minimum Gasteiger partial charge on any atom is -0.508 e. The third-order valence-electron chi connectivity index (χ3n) is 2.19. The van der Waals surface area contributed by atoms with Gasteiger partial charge in [0, 0.05) is 40.4 Å². The number of phenols is 1. The number of halogens is 1. The van der Waals surface area contributed by atoms with Gasteiger partial charge in [0.2, 0.25) is 0 Å². The van der Waals surface area contributed by atoms with E-state index in [1.54, 1.807) is 51.7 Å². The van der Waals surface area contributed by atoms with Crippen LogP contribution in [-0.4, -0.2) is 18.8 Å². The van der Waals surface area contributed by atoms with Gasteiger partial charge in [-0.25, -0.2) is 0 Å². The normalized spacial score (nSPS) is 10.2. The summed E-state index contributed by atoms with van der Waals surface area (Å²) in [7, 11) is 0. The number of nitrogens with one attached hydrogen (secondary N) is 1. The number of carbonyl (C=O) groups is 1. The Labute approximate surface area is 112 Å². The summed E-state index contributed by atoms with van der Waals surface area (Å²) in [4.78, 5) is 10.8. The SMILES string of the molecule is O=C(I)Nc1ccn(Cc2ccccc2O)n1. The Morgan fingerprint density at radius 1 is 1.41 bits per heavy atom. The summed E-state index contributed by atoms with van der Waals surface area (Å²) in [5.41, 5.74) is 0.781. The highest BCUT2D eigenvalue weighted by molar-refractivity contribution is 14.1. The number of carbonyl (C=O) groups excluding carboxylic acids is 1. The third-order valence-corrected chi connectivity index (χ3v) is 2.46. The molecule has 88 valence electrons. The van der Waals surface area contributed by atoms with Crippen LogP contribution < -0.4 is 5.32 Å². The maximum absolute atomic E-state index is 10.8. The van der Waals surface area contributed by atoms with Crippen molar-refractivity contribution in [3.8, 4) is 5.75 Å². The lowest BCUT2D eigenvalue weighted by atomic mass is 10.2. The Kier molecular flexibility index (Phi) is 3.62. The molecular weight excluding hydrogens is 333 g/mol. The third kappa shape index (κ3) is 3.19. The van der Waals surface area contributed by atoms with E-state index >= 15 is 0 Å². The van der Waals surface area contributed by atoms with E-state index in [0.29, 0.717) is 12.4 Å². The molecule has 0 unspecified atom stereocenters. The maximum Gasteiger partial charge on any atom is 0.286 e. The number of anilines is 1. The molecular formula is C11H10IN3O2. The molecule has 2 rings (SSSR count). The topological polar surface area (TPSA) is 67.2 Å². The zero-order valence-electron chi connectivity index (χ0n) is 8.80. The fourth-order valence-corrected chi connectivity index (χ4v) is 1.71. The summed E-state index contributed by atoms with van der Waals surface area (Å²) in [6.45, 7) is 0.462. The molecule has 0 saturated heterocycles. The molecule has 0 saturated carbocycles. The number of phenolic OH excluding ortho intramolecular Hbond substituents is 1. The van der Waals surface area contributed by atoms with E-state index in [0.717, 1.165) is 5.56 Å². The molecule has 1 aromatic heterocycles.